The molecule has 0 spiro atoms. The molecule has 1 aromatic heterocycles. The van der Waals surface area contributed by atoms with Crippen LogP contribution in [0.1, 0.15) is 17.0 Å². The van der Waals surface area contributed by atoms with Gasteiger partial charge < -0.3 is 10.1 Å². The number of fused-ring (bicyclic) bond motifs is 1. The third-order valence-corrected chi connectivity index (χ3v) is 1.88. The SMILES string of the molecule is CNCc1n[nH]c2c1COC2. The molecule has 2 heterocycles. The first-order valence-electron chi connectivity index (χ1n) is 3.69. The Morgan fingerprint density at radius 1 is 1.64 bits per heavy atom. The molecule has 1 aromatic rings. The van der Waals surface area contributed by atoms with Crippen LogP contribution in [0.4, 0.5) is 0 Å². The Hall–Kier alpha value is -0.870. The van der Waals surface area contributed by atoms with Gasteiger partial charge in [0.05, 0.1) is 24.6 Å². The van der Waals surface area contributed by atoms with Crippen molar-refractivity contribution in [3.63, 3.8) is 0 Å². The van der Waals surface area contributed by atoms with Crippen LogP contribution < -0.4 is 5.32 Å². The van der Waals surface area contributed by atoms with Crippen molar-refractivity contribution in [1.82, 2.24) is 15.5 Å². The summed E-state index contributed by atoms with van der Waals surface area (Å²) in [5.41, 5.74) is 3.45. The number of aromatic amines is 1. The second kappa shape index (κ2) is 2.64. The van der Waals surface area contributed by atoms with Crippen molar-refractivity contribution in [2.24, 2.45) is 0 Å². The van der Waals surface area contributed by atoms with E-state index in [1.807, 2.05) is 7.05 Å². The Kier molecular flexibility index (Phi) is 1.63. The quantitative estimate of drug-likeness (QED) is 0.636. The van der Waals surface area contributed by atoms with Crippen molar-refractivity contribution in [3.8, 4) is 0 Å². The summed E-state index contributed by atoms with van der Waals surface area (Å²) in [5.74, 6) is 0. The zero-order chi connectivity index (χ0) is 7.68. The zero-order valence-corrected chi connectivity index (χ0v) is 6.48. The van der Waals surface area contributed by atoms with Gasteiger partial charge in [-0.2, -0.15) is 5.10 Å². The molecule has 0 aliphatic carbocycles. The molecule has 1 aliphatic rings. The summed E-state index contributed by atoms with van der Waals surface area (Å²) in [6, 6.07) is 0. The largest absolute Gasteiger partial charge is 0.370 e. The van der Waals surface area contributed by atoms with E-state index in [0.717, 1.165) is 17.9 Å². The Bertz CT molecular complexity index is 256. The molecule has 2 N–H and O–H groups in total. The molecule has 60 valence electrons. The van der Waals surface area contributed by atoms with E-state index in [2.05, 4.69) is 15.5 Å². The summed E-state index contributed by atoms with van der Waals surface area (Å²) in [4.78, 5) is 0. The molecule has 4 nitrogen and oxygen atoms in total. The van der Waals surface area contributed by atoms with Gasteiger partial charge in [-0.15, -0.1) is 0 Å². The number of hydrogen-bond acceptors (Lipinski definition) is 3. The van der Waals surface area contributed by atoms with Crippen LogP contribution in [0, 0.1) is 0 Å². The van der Waals surface area contributed by atoms with Crippen LogP contribution in [0.3, 0.4) is 0 Å². The predicted octanol–water partition coefficient (Wildman–Crippen LogP) is 0.159. The Labute approximate surface area is 64.9 Å². The number of aromatic nitrogens is 2. The summed E-state index contributed by atoms with van der Waals surface area (Å²) in [5, 5.41) is 10.2. The van der Waals surface area contributed by atoms with Crippen LogP contribution >= 0.6 is 0 Å². The van der Waals surface area contributed by atoms with E-state index in [9.17, 15) is 0 Å². The van der Waals surface area contributed by atoms with E-state index in [0.29, 0.717) is 13.2 Å². The lowest BCUT2D eigenvalue weighted by Crippen LogP contribution is -2.07. The van der Waals surface area contributed by atoms with Crippen molar-refractivity contribution in [1.29, 1.82) is 0 Å². The number of nitrogens with one attached hydrogen (secondary N) is 2. The first-order valence-corrected chi connectivity index (χ1v) is 3.69. The van der Waals surface area contributed by atoms with Crippen LogP contribution in [0.5, 0.6) is 0 Å². The molecule has 11 heavy (non-hydrogen) atoms. The van der Waals surface area contributed by atoms with Gasteiger partial charge in [-0.1, -0.05) is 0 Å². The lowest BCUT2D eigenvalue weighted by atomic mass is 10.2. The lowest BCUT2D eigenvalue weighted by molar-refractivity contribution is 0.131. The highest BCUT2D eigenvalue weighted by atomic mass is 16.5. The summed E-state index contributed by atoms with van der Waals surface area (Å²) >= 11 is 0. The van der Waals surface area contributed by atoms with E-state index in [1.54, 1.807) is 0 Å². The van der Waals surface area contributed by atoms with Crippen molar-refractivity contribution in [2.75, 3.05) is 7.05 Å². The molecule has 4 heteroatoms. The maximum Gasteiger partial charge on any atom is 0.0890 e. The number of rotatable bonds is 2. The molecule has 0 aromatic carbocycles. The van der Waals surface area contributed by atoms with E-state index in [-0.39, 0.29) is 0 Å². The minimum atomic E-state index is 0.687. The van der Waals surface area contributed by atoms with E-state index >= 15 is 0 Å². The van der Waals surface area contributed by atoms with Crippen molar-refractivity contribution in [2.45, 2.75) is 19.8 Å². The highest BCUT2D eigenvalue weighted by Crippen LogP contribution is 2.19. The summed E-state index contributed by atoms with van der Waals surface area (Å²) in [7, 11) is 1.91. The number of hydrogen-bond donors (Lipinski definition) is 2. The fourth-order valence-electron chi connectivity index (χ4n) is 1.30. The van der Waals surface area contributed by atoms with Gasteiger partial charge in [0.15, 0.2) is 0 Å². The first kappa shape index (κ1) is 6.82. The minimum absolute atomic E-state index is 0.687. The Balaban J connectivity index is 2.27. The van der Waals surface area contributed by atoms with Gasteiger partial charge in [0.2, 0.25) is 0 Å². The summed E-state index contributed by atoms with van der Waals surface area (Å²) in [6.07, 6.45) is 0. The van der Waals surface area contributed by atoms with Gasteiger partial charge in [-0.3, -0.25) is 5.10 Å². The van der Waals surface area contributed by atoms with E-state index in [4.69, 9.17) is 4.74 Å². The van der Waals surface area contributed by atoms with Crippen LogP contribution in [0.2, 0.25) is 0 Å². The molecule has 0 radical (unpaired) electrons. The van der Waals surface area contributed by atoms with Crippen molar-refractivity contribution < 1.29 is 4.74 Å². The lowest BCUT2D eigenvalue weighted by Gasteiger charge is -1.95. The second-order valence-electron chi connectivity index (χ2n) is 2.65. The summed E-state index contributed by atoms with van der Waals surface area (Å²) < 4.78 is 5.24. The Morgan fingerprint density at radius 3 is 3.36 bits per heavy atom. The third kappa shape index (κ3) is 1.04. The zero-order valence-electron chi connectivity index (χ0n) is 6.48. The van der Waals surface area contributed by atoms with Crippen molar-refractivity contribution >= 4 is 0 Å². The molecule has 2 rings (SSSR count). The average Bonchev–Trinajstić information content (AvgIpc) is 2.53. The van der Waals surface area contributed by atoms with E-state index < -0.39 is 0 Å². The topological polar surface area (TPSA) is 49.9 Å². The third-order valence-electron chi connectivity index (χ3n) is 1.88. The first-order chi connectivity index (χ1) is 5.42. The van der Waals surface area contributed by atoms with Gasteiger partial charge in [-0.05, 0) is 7.05 Å². The maximum atomic E-state index is 5.24. The van der Waals surface area contributed by atoms with Crippen molar-refractivity contribution in [3.05, 3.63) is 17.0 Å². The molecule has 0 saturated heterocycles. The minimum Gasteiger partial charge on any atom is -0.370 e. The van der Waals surface area contributed by atoms with E-state index in [1.165, 1.54) is 5.56 Å². The van der Waals surface area contributed by atoms with Crippen LogP contribution in [-0.4, -0.2) is 17.2 Å². The molecule has 1 aliphatic heterocycles. The van der Waals surface area contributed by atoms with Gasteiger partial charge >= 0.3 is 0 Å². The van der Waals surface area contributed by atoms with Gasteiger partial charge in [0.1, 0.15) is 0 Å². The number of H-pyrrole nitrogens is 1. The highest BCUT2D eigenvalue weighted by Gasteiger charge is 2.17. The molecule has 0 saturated carbocycles. The smallest absolute Gasteiger partial charge is 0.0890 e. The summed E-state index contributed by atoms with van der Waals surface area (Å²) in [6.45, 7) is 2.21. The number of ether oxygens (including phenoxy) is 1. The van der Waals surface area contributed by atoms with Crippen LogP contribution in [-0.2, 0) is 24.5 Å². The molecule has 0 unspecified atom stereocenters. The van der Waals surface area contributed by atoms with Crippen LogP contribution in [0.15, 0.2) is 0 Å². The highest BCUT2D eigenvalue weighted by molar-refractivity contribution is 5.26. The number of nitrogens with zero attached hydrogens (tertiary/aromatic N) is 1. The van der Waals surface area contributed by atoms with Crippen LogP contribution in [0.25, 0.3) is 0 Å². The fraction of sp³-hybridized carbons (Fsp3) is 0.571. The fourth-order valence-corrected chi connectivity index (χ4v) is 1.30. The normalized spacial score (nSPS) is 15.4. The molecule has 0 fully saturated rings. The molecule has 0 amide bonds. The molecular formula is C7H11N3O. The van der Waals surface area contributed by atoms with Gasteiger partial charge in [-0.25, -0.2) is 0 Å². The Morgan fingerprint density at radius 2 is 2.55 bits per heavy atom. The molecule has 0 atom stereocenters. The standard InChI is InChI=1S/C7H11N3O/c1-8-2-6-5-3-11-4-7(5)10-9-6/h8H,2-4H2,1H3,(H,9,10). The second-order valence-corrected chi connectivity index (χ2v) is 2.65. The molecule has 0 bridgehead atoms. The van der Waals surface area contributed by atoms with Gasteiger partial charge in [0.25, 0.3) is 0 Å². The predicted molar refractivity (Wildman–Crippen MR) is 39.8 cm³/mol. The monoisotopic (exact) mass is 153 g/mol. The average molecular weight is 153 g/mol. The maximum absolute atomic E-state index is 5.24. The molecular weight excluding hydrogens is 142 g/mol. The van der Waals surface area contributed by atoms with Gasteiger partial charge in [0, 0.05) is 12.1 Å².